The summed E-state index contributed by atoms with van der Waals surface area (Å²) in [5.74, 6) is -1.66. The molecule has 2 unspecified atom stereocenters. The second-order valence-corrected chi connectivity index (χ2v) is 6.71. The molecule has 2 atom stereocenters. The van der Waals surface area contributed by atoms with Crippen molar-refractivity contribution in [2.45, 2.75) is 31.3 Å². The van der Waals surface area contributed by atoms with Crippen LogP contribution in [0.25, 0.3) is 0 Å². The second-order valence-electron chi connectivity index (χ2n) is 6.71. The van der Waals surface area contributed by atoms with Gasteiger partial charge in [0, 0.05) is 19.8 Å². The van der Waals surface area contributed by atoms with Gasteiger partial charge in [-0.15, -0.1) is 0 Å². The van der Waals surface area contributed by atoms with Crippen molar-refractivity contribution in [2.24, 2.45) is 7.05 Å². The lowest BCUT2D eigenvalue weighted by Gasteiger charge is -2.31. The number of carboxylic acid groups (broad SMARTS) is 1. The number of anilines is 2. The van der Waals surface area contributed by atoms with Crippen molar-refractivity contribution in [1.82, 2.24) is 9.78 Å². The molecule has 3 heterocycles. The quantitative estimate of drug-likeness (QED) is 0.901. The van der Waals surface area contributed by atoms with Crippen LogP contribution in [0.5, 0.6) is 0 Å². The lowest BCUT2D eigenvalue weighted by Crippen LogP contribution is -2.49. The number of aromatic nitrogens is 2. The molecule has 1 aromatic carbocycles. The first-order chi connectivity index (χ1) is 12.5. The summed E-state index contributed by atoms with van der Waals surface area (Å²) in [6.45, 7) is 0.407. The molecule has 26 heavy (non-hydrogen) atoms. The van der Waals surface area contributed by atoms with E-state index in [0.717, 1.165) is 5.56 Å². The Bertz CT molecular complexity index is 881. The number of carboxylic acids is 1. The average molecular weight is 358 g/mol. The smallest absolute Gasteiger partial charge is 0.326 e. The van der Waals surface area contributed by atoms with Crippen LogP contribution in [-0.4, -0.2) is 45.4 Å². The van der Waals surface area contributed by atoms with Crippen LogP contribution in [0.3, 0.4) is 0 Å². The van der Waals surface area contributed by atoms with Gasteiger partial charge < -0.3 is 14.9 Å². The van der Waals surface area contributed by atoms with Gasteiger partial charge in [0.1, 0.15) is 17.9 Å². The minimum atomic E-state index is -0.975. The number of carbonyl (C=O) groups excluding carboxylic acids is 1. The van der Waals surface area contributed by atoms with E-state index in [1.54, 1.807) is 35.1 Å². The van der Waals surface area contributed by atoms with Crippen molar-refractivity contribution >= 4 is 23.3 Å². The molecule has 0 radical (unpaired) electrons. The van der Waals surface area contributed by atoms with E-state index in [1.165, 1.54) is 11.0 Å². The SMILES string of the molecule is Cn1cc(N2C(C(=O)O)CCC2C(=O)N2CCc3cccc(F)c32)cn1. The molecular formula is C18H19FN4O3. The maximum Gasteiger partial charge on any atom is 0.326 e. The van der Waals surface area contributed by atoms with E-state index in [9.17, 15) is 19.1 Å². The van der Waals surface area contributed by atoms with E-state index < -0.39 is 23.9 Å². The van der Waals surface area contributed by atoms with Gasteiger partial charge in [0.05, 0.1) is 17.6 Å². The summed E-state index contributed by atoms with van der Waals surface area (Å²) in [4.78, 5) is 28.0. The van der Waals surface area contributed by atoms with Gasteiger partial charge in [-0.2, -0.15) is 5.10 Å². The van der Waals surface area contributed by atoms with Crippen LogP contribution in [0.15, 0.2) is 30.6 Å². The zero-order chi connectivity index (χ0) is 18.4. The highest BCUT2D eigenvalue weighted by molar-refractivity contribution is 6.02. The van der Waals surface area contributed by atoms with Crippen LogP contribution in [0.4, 0.5) is 15.8 Å². The highest BCUT2D eigenvalue weighted by Crippen LogP contribution is 2.36. The lowest BCUT2D eigenvalue weighted by atomic mass is 10.1. The number of para-hydroxylation sites is 1. The summed E-state index contributed by atoms with van der Waals surface area (Å²) < 4.78 is 15.9. The maximum absolute atomic E-state index is 14.3. The number of carbonyl (C=O) groups is 2. The number of benzene rings is 1. The average Bonchev–Trinajstić information content (AvgIpc) is 3.31. The normalized spacial score (nSPS) is 21.9. The first-order valence-corrected chi connectivity index (χ1v) is 8.56. The summed E-state index contributed by atoms with van der Waals surface area (Å²) >= 11 is 0. The van der Waals surface area contributed by atoms with E-state index >= 15 is 0 Å². The number of halogens is 1. The Morgan fingerprint density at radius 1 is 1.27 bits per heavy atom. The Morgan fingerprint density at radius 2 is 2.04 bits per heavy atom. The predicted molar refractivity (Wildman–Crippen MR) is 92.6 cm³/mol. The summed E-state index contributed by atoms with van der Waals surface area (Å²) in [5.41, 5.74) is 1.71. The van der Waals surface area contributed by atoms with E-state index in [4.69, 9.17) is 0 Å². The highest BCUT2D eigenvalue weighted by atomic mass is 19.1. The molecule has 2 aromatic rings. The molecule has 0 saturated carbocycles. The Morgan fingerprint density at radius 3 is 2.73 bits per heavy atom. The van der Waals surface area contributed by atoms with Crippen molar-refractivity contribution in [3.63, 3.8) is 0 Å². The van der Waals surface area contributed by atoms with Crippen LogP contribution in [0.2, 0.25) is 0 Å². The Balaban J connectivity index is 1.69. The number of hydrogen-bond acceptors (Lipinski definition) is 4. The van der Waals surface area contributed by atoms with Crippen molar-refractivity contribution in [3.05, 3.63) is 42.0 Å². The fourth-order valence-corrected chi connectivity index (χ4v) is 4.01. The van der Waals surface area contributed by atoms with Crippen LogP contribution < -0.4 is 9.80 Å². The number of amides is 1. The van der Waals surface area contributed by atoms with Crippen LogP contribution in [0.1, 0.15) is 18.4 Å². The maximum atomic E-state index is 14.3. The van der Waals surface area contributed by atoms with Crippen LogP contribution in [-0.2, 0) is 23.1 Å². The third-order valence-corrected chi connectivity index (χ3v) is 5.16. The molecule has 1 amide bonds. The fraction of sp³-hybridized carbons (Fsp3) is 0.389. The van der Waals surface area contributed by atoms with E-state index in [2.05, 4.69) is 5.10 Å². The van der Waals surface area contributed by atoms with Crippen molar-refractivity contribution < 1.29 is 19.1 Å². The van der Waals surface area contributed by atoms with Crippen LogP contribution in [0, 0.1) is 5.82 Å². The van der Waals surface area contributed by atoms with Gasteiger partial charge in [-0.3, -0.25) is 9.48 Å². The third-order valence-electron chi connectivity index (χ3n) is 5.16. The Kier molecular flexibility index (Phi) is 3.90. The molecule has 1 aromatic heterocycles. The Hall–Kier alpha value is -2.90. The molecule has 0 spiro atoms. The molecule has 0 bridgehead atoms. The third kappa shape index (κ3) is 2.53. The molecule has 136 valence electrons. The summed E-state index contributed by atoms with van der Waals surface area (Å²) in [5, 5.41) is 13.7. The molecule has 7 nitrogen and oxygen atoms in total. The van der Waals surface area contributed by atoms with Gasteiger partial charge in [0.2, 0.25) is 5.91 Å². The van der Waals surface area contributed by atoms with Gasteiger partial charge >= 0.3 is 5.97 Å². The number of aliphatic carboxylic acids is 1. The predicted octanol–water partition coefficient (Wildman–Crippen LogP) is 1.57. The van der Waals surface area contributed by atoms with Gasteiger partial charge in [-0.1, -0.05) is 12.1 Å². The Labute approximate surface area is 149 Å². The van der Waals surface area contributed by atoms with E-state index in [1.807, 2.05) is 6.07 Å². The van der Waals surface area contributed by atoms with Crippen molar-refractivity contribution in [3.8, 4) is 0 Å². The zero-order valence-corrected chi connectivity index (χ0v) is 14.3. The fourth-order valence-electron chi connectivity index (χ4n) is 4.01. The molecule has 2 aliphatic rings. The summed E-state index contributed by atoms with van der Waals surface area (Å²) in [6.07, 6.45) is 4.62. The molecule has 1 N–H and O–H groups in total. The number of rotatable bonds is 3. The van der Waals surface area contributed by atoms with Crippen molar-refractivity contribution in [1.29, 1.82) is 0 Å². The van der Waals surface area contributed by atoms with Crippen molar-refractivity contribution in [2.75, 3.05) is 16.3 Å². The number of aryl methyl sites for hydroxylation is 1. The number of hydrogen-bond donors (Lipinski definition) is 1. The largest absolute Gasteiger partial charge is 0.480 e. The highest BCUT2D eigenvalue weighted by Gasteiger charge is 2.45. The van der Waals surface area contributed by atoms with Crippen LogP contribution >= 0.6 is 0 Å². The molecule has 1 fully saturated rings. The first-order valence-electron chi connectivity index (χ1n) is 8.56. The molecule has 4 rings (SSSR count). The van der Waals surface area contributed by atoms with E-state index in [0.29, 0.717) is 37.2 Å². The lowest BCUT2D eigenvalue weighted by molar-refractivity contribution is -0.138. The van der Waals surface area contributed by atoms with Gasteiger partial charge in [-0.05, 0) is 30.9 Å². The second kappa shape index (κ2) is 6.12. The zero-order valence-electron chi connectivity index (χ0n) is 14.3. The molecule has 8 heteroatoms. The van der Waals surface area contributed by atoms with Gasteiger partial charge in [0.15, 0.2) is 0 Å². The molecular weight excluding hydrogens is 339 g/mol. The monoisotopic (exact) mass is 358 g/mol. The standard InChI is InChI=1S/C18H19FN4O3/c1-21-10-12(9-20-21)23-14(5-6-15(23)18(25)26)17(24)22-8-7-11-3-2-4-13(19)16(11)22/h2-4,9-10,14-15H,5-8H2,1H3,(H,25,26). The van der Waals surface area contributed by atoms with Gasteiger partial charge in [0.25, 0.3) is 0 Å². The molecule has 0 aliphatic carbocycles. The first kappa shape index (κ1) is 16.6. The minimum Gasteiger partial charge on any atom is -0.480 e. The number of nitrogens with zero attached hydrogens (tertiary/aromatic N) is 4. The molecule has 1 saturated heterocycles. The minimum absolute atomic E-state index is 0.263. The van der Waals surface area contributed by atoms with E-state index in [-0.39, 0.29) is 5.91 Å². The summed E-state index contributed by atoms with van der Waals surface area (Å²) in [7, 11) is 1.73. The topological polar surface area (TPSA) is 78.7 Å². The van der Waals surface area contributed by atoms with Gasteiger partial charge in [-0.25, -0.2) is 9.18 Å². The number of fused-ring (bicyclic) bond motifs is 1. The summed E-state index contributed by atoms with van der Waals surface area (Å²) in [6, 6.07) is 3.36. The molecule has 2 aliphatic heterocycles.